The van der Waals surface area contributed by atoms with Crippen molar-refractivity contribution in [1.29, 1.82) is 0 Å². The molecule has 2 aromatic rings. The van der Waals surface area contributed by atoms with Crippen LogP contribution in [0.2, 0.25) is 0 Å². The summed E-state index contributed by atoms with van der Waals surface area (Å²) in [6, 6.07) is 16.1. The summed E-state index contributed by atoms with van der Waals surface area (Å²) >= 11 is 4.67. The summed E-state index contributed by atoms with van der Waals surface area (Å²) < 4.78 is 10.3. The average molecular weight is 274 g/mol. The number of hydrogen-bond acceptors (Lipinski definition) is 3. The highest BCUT2D eigenvalue weighted by Gasteiger charge is 2.08. The van der Waals surface area contributed by atoms with Crippen molar-refractivity contribution in [3.8, 4) is 11.5 Å². The molecule has 0 fully saturated rings. The minimum absolute atomic E-state index is 0.180. The van der Waals surface area contributed by atoms with E-state index in [0.717, 1.165) is 17.9 Å². The molecule has 0 bridgehead atoms. The van der Waals surface area contributed by atoms with Crippen LogP contribution in [0.1, 0.15) is 16.4 Å². The zero-order chi connectivity index (χ0) is 13.7. The lowest BCUT2D eigenvalue weighted by Gasteiger charge is -2.12. The van der Waals surface area contributed by atoms with Gasteiger partial charge in [0.1, 0.15) is 11.5 Å². The van der Waals surface area contributed by atoms with Gasteiger partial charge in [-0.1, -0.05) is 24.3 Å². The molecule has 0 aliphatic carbocycles. The van der Waals surface area contributed by atoms with Crippen molar-refractivity contribution in [2.75, 3.05) is 14.2 Å². The van der Waals surface area contributed by atoms with Gasteiger partial charge in [-0.05, 0) is 41.8 Å². The molecule has 0 saturated heterocycles. The molecule has 2 nitrogen and oxygen atoms in total. The first kappa shape index (κ1) is 13.8. The fraction of sp³-hybridized carbons (Fsp3) is 0.250. The zero-order valence-electron chi connectivity index (χ0n) is 11.2. The topological polar surface area (TPSA) is 18.5 Å². The van der Waals surface area contributed by atoms with Crippen LogP contribution in [0.15, 0.2) is 48.5 Å². The molecule has 3 heteroatoms. The summed E-state index contributed by atoms with van der Waals surface area (Å²) in [5.41, 5.74) is 2.44. The summed E-state index contributed by atoms with van der Waals surface area (Å²) in [5, 5.41) is 0.180. The van der Waals surface area contributed by atoms with Gasteiger partial charge in [-0.2, -0.15) is 12.6 Å². The first-order valence-electron chi connectivity index (χ1n) is 6.18. The van der Waals surface area contributed by atoms with Crippen molar-refractivity contribution in [3.05, 3.63) is 59.7 Å². The number of thiol groups is 1. The van der Waals surface area contributed by atoms with Gasteiger partial charge < -0.3 is 9.47 Å². The highest BCUT2D eigenvalue weighted by Crippen LogP contribution is 2.26. The molecule has 1 unspecified atom stereocenters. The van der Waals surface area contributed by atoms with E-state index in [0.29, 0.717) is 0 Å². The maximum atomic E-state index is 5.15. The van der Waals surface area contributed by atoms with Gasteiger partial charge in [0.2, 0.25) is 0 Å². The van der Waals surface area contributed by atoms with Gasteiger partial charge in [0.25, 0.3) is 0 Å². The Kier molecular flexibility index (Phi) is 4.74. The van der Waals surface area contributed by atoms with Crippen LogP contribution in [0.4, 0.5) is 0 Å². The second-order valence-corrected chi connectivity index (χ2v) is 4.96. The predicted molar refractivity (Wildman–Crippen MR) is 81.4 cm³/mol. The Morgan fingerprint density at radius 3 is 1.79 bits per heavy atom. The lowest BCUT2D eigenvalue weighted by atomic mass is 10.0. The quantitative estimate of drug-likeness (QED) is 0.833. The first-order valence-corrected chi connectivity index (χ1v) is 6.69. The van der Waals surface area contributed by atoms with Crippen LogP contribution in [-0.4, -0.2) is 14.2 Å². The molecular weight excluding hydrogens is 256 g/mol. The Morgan fingerprint density at radius 2 is 1.32 bits per heavy atom. The molecule has 1 atom stereocenters. The molecule has 0 radical (unpaired) electrons. The van der Waals surface area contributed by atoms with Crippen molar-refractivity contribution < 1.29 is 9.47 Å². The van der Waals surface area contributed by atoms with Gasteiger partial charge >= 0.3 is 0 Å². The average Bonchev–Trinajstić information content (AvgIpc) is 2.48. The standard InChI is InChI=1S/C16H18O2S/c1-17-14-7-3-12(4-8-14)11-16(19)13-5-9-15(18-2)10-6-13/h3-10,16,19H,11H2,1-2H3. The summed E-state index contributed by atoms with van der Waals surface area (Å²) in [4.78, 5) is 0. The minimum Gasteiger partial charge on any atom is -0.497 e. The monoisotopic (exact) mass is 274 g/mol. The van der Waals surface area contributed by atoms with Crippen molar-refractivity contribution in [1.82, 2.24) is 0 Å². The lowest BCUT2D eigenvalue weighted by molar-refractivity contribution is 0.414. The third kappa shape index (κ3) is 3.67. The van der Waals surface area contributed by atoms with Crippen molar-refractivity contribution in [2.45, 2.75) is 11.7 Å². The van der Waals surface area contributed by atoms with E-state index in [9.17, 15) is 0 Å². The number of methoxy groups -OCH3 is 2. The van der Waals surface area contributed by atoms with E-state index in [-0.39, 0.29) is 5.25 Å². The fourth-order valence-corrected chi connectivity index (χ4v) is 2.31. The molecular formula is C16H18O2S. The van der Waals surface area contributed by atoms with Crippen LogP contribution in [0.3, 0.4) is 0 Å². The first-order chi connectivity index (χ1) is 9.22. The van der Waals surface area contributed by atoms with E-state index in [1.165, 1.54) is 11.1 Å². The third-order valence-electron chi connectivity index (χ3n) is 3.09. The molecule has 0 aromatic heterocycles. The van der Waals surface area contributed by atoms with Crippen LogP contribution in [0.5, 0.6) is 11.5 Å². The number of benzene rings is 2. The Labute approximate surface area is 119 Å². The molecule has 0 aliphatic rings. The van der Waals surface area contributed by atoms with E-state index in [2.05, 4.69) is 36.9 Å². The fourth-order valence-electron chi connectivity index (χ4n) is 1.93. The van der Waals surface area contributed by atoms with E-state index >= 15 is 0 Å². The highest BCUT2D eigenvalue weighted by molar-refractivity contribution is 7.80. The van der Waals surface area contributed by atoms with Crippen molar-refractivity contribution in [3.63, 3.8) is 0 Å². The molecule has 0 N–H and O–H groups in total. The number of ether oxygens (including phenoxy) is 2. The van der Waals surface area contributed by atoms with E-state index in [1.54, 1.807) is 14.2 Å². The second-order valence-electron chi connectivity index (χ2n) is 4.34. The molecule has 19 heavy (non-hydrogen) atoms. The van der Waals surface area contributed by atoms with Crippen LogP contribution in [0.25, 0.3) is 0 Å². The van der Waals surface area contributed by atoms with Crippen LogP contribution in [-0.2, 0) is 6.42 Å². The van der Waals surface area contributed by atoms with E-state index in [4.69, 9.17) is 9.47 Å². The number of hydrogen-bond donors (Lipinski definition) is 1. The third-order valence-corrected chi connectivity index (χ3v) is 3.57. The van der Waals surface area contributed by atoms with Crippen LogP contribution in [0, 0.1) is 0 Å². The zero-order valence-corrected chi connectivity index (χ0v) is 12.1. The maximum absolute atomic E-state index is 5.15. The van der Waals surface area contributed by atoms with Crippen LogP contribution < -0.4 is 9.47 Å². The van der Waals surface area contributed by atoms with Gasteiger partial charge in [-0.15, -0.1) is 0 Å². The van der Waals surface area contributed by atoms with Gasteiger partial charge in [0, 0.05) is 5.25 Å². The van der Waals surface area contributed by atoms with E-state index < -0.39 is 0 Å². The molecule has 0 saturated carbocycles. The Hall–Kier alpha value is -1.61. The predicted octanol–water partition coefficient (Wildman–Crippen LogP) is 3.92. The largest absolute Gasteiger partial charge is 0.497 e. The Morgan fingerprint density at radius 1 is 0.842 bits per heavy atom. The summed E-state index contributed by atoms with van der Waals surface area (Å²) in [6.07, 6.45) is 0.888. The molecule has 2 aromatic carbocycles. The maximum Gasteiger partial charge on any atom is 0.118 e. The van der Waals surface area contributed by atoms with Gasteiger partial charge in [-0.3, -0.25) is 0 Å². The highest BCUT2D eigenvalue weighted by atomic mass is 32.1. The van der Waals surface area contributed by atoms with Gasteiger partial charge in [0.15, 0.2) is 0 Å². The van der Waals surface area contributed by atoms with Crippen molar-refractivity contribution in [2.24, 2.45) is 0 Å². The molecule has 0 heterocycles. The van der Waals surface area contributed by atoms with E-state index in [1.807, 2.05) is 24.3 Å². The molecule has 0 amide bonds. The van der Waals surface area contributed by atoms with Gasteiger partial charge in [0.05, 0.1) is 14.2 Å². The summed E-state index contributed by atoms with van der Waals surface area (Å²) in [5.74, 6) is 1.75. The van der Waals surface area contributed by atoms with Crippen LogP contribution >= 0.6 is 12.6 Å². The normalized spacial score (nSPS) is 11.9. The Balaban J connectivity index is 2.04. The second kappa shape index (κ2) is 6.53. The molecule has 0 spiro atoms. The summed E-state index contributed by atoms with van der Waals surface area (Å²) in [7, 11) is 3.35. The molecule has 2 rings (SSSR count). The molecule has 0 aliphatic heterocycles. The smallest absolute Gasteiger partial charge is 0.118 e. The molecule has 100 valence electrons. The minimum atomic E-state index is 0.180. The lowest BCUT2D eigenvalue weighted by Crippen LogP contribution is -1.96. The van der Waals surface area contributed by atoms with Gasteiger partial charge in [-0.25, -0.2) is 0 Å². The van der Waals surface area contributed by atoms with Crippen molar-refractivity contribution >= 4 is 12.6 Å². The Bertz CT molecular complexity index is 505. The SMILES string of the molecule is COc1ccc(CC(S)c2ccc(OC)cc2)cc1. The summed E-state index contributed by atoms with van der Waals surface area (Å²) in [6.45, 7) is 0. The number of rotatable bonds is 5.